The van der Waals surface area contributed by atoms with Crippen LogP contribution in [0.15, 0.2) is 0 Å². The lowest BCUT2D eigenvalue weighted by molar-refractivity contribution is -0.145. The van der Waals surface area contributed by atoms with Crippen LogP contribution in [-0.2, 0) is 9.63 Å². The number of nitrogens with two attached hydrogens (primary N) is 1. The van der Waals surface area contributed by atoms with E-state index >= 15 is 0 Å². The highest BCUT2D eigenvalue weighted by Crippen LogP contribution is 2.05. The fraction of sp³-hybridized carbons (Fsp3) is 0.778. The highest BCUT2D eigenvalue weighted by molar-refractivity contribution is 5.92. The zero-order valence-electron chi connectivity index (χ0n) is 9.44. The van der Waals surface area contributed by atoms with Crippen molar-refractivity contribution < 1.29 is 14.4 Å². The first-order valence-corrected chi connectivity index (χ1v) is 5.27. The lowest BCUT2D eigenvalue weighted by Gasteiger charge is -2.28. The van der Waals surface area contributed by atoms with E-state index < -0.39 is 6.09 Å². The highest BCUT2D eigenvalue weighted by atomic mass is 16.7. The third-order valence-electron chi connectivity index (χ3n) is 2.19. The summed E-state index contributed by atoms with van der Waals surface area (Å²) in [5, 5.41) is 3.65. The molecule has 1 fully saturated rings. The molecule has 1 rings (SSSR count). The van der Waals surface area contributed by atoms with Gasteiger partial charge in [0.15, 0.2) is 0 Å². The van der Waals surface area contributed by atoms with Crippen molar-refractivity contribution in [2.45, 2.75) is 6.42 Å². The van der Waals surface area contributed by atoms with Crippen LogP contribution in [0, 0.1) is 0 Å². The van der Waals surface area contributed by atoms with E-state index in [0.717, 1.165) is 19.5 Å². The van der Waals surface area contributed by atoms with Crippen LogP contribution in [0.1, 0.15) is 6.42 Å². The molecule has 0 spiro atoms. The van der Waals surface area contributed by atoms with Gasteiger partial charge in [-0.3, -0.25) is 15.0 Å². The molecule has 3 N–H and O–H groups in total. The number of carbonyl (C=O) groups excluding carboxylic acids is 2. The number of nitrogens with one attached hydrogen (secondary N) is 1. The molecule has 1 aliphatic rings. The van der Waals surface area contributed by atoms with Crippen LogP contribution < -0.4 is 11.1 Å². The fourth-order valence-corrected chi connectivity index (χ4v) is 1.22. The minimum atomic E-state index is -0.717. The molecule has 0 aliphatic carbocycles. The molecule has 16 heavy (non-hydrogen) atoms. The molecule has 0 aromatic rings. The maximum absolute atomic E-state index is 11.3. The third-order valence-corrected chi connectivity index (χ3v) is 2.19. The Morgan fingerprint density at radius 3 is 2.69 bits per heavy atom. The first-order chi connectivity index (χ1) is 7.61. The normalized spacial score (nSPS) is 15.7. The van der Waals surface area contributed by atoms with Gasteiger partial charge in [0.05, 0.1) is 6.54 Å². The van der Waals surface area contributed by atoms with E-state index in [9.17, 15) is 9.59 Å². The largest absolute Gasteiger partial charge is 0.433 e. The van der Waals surface area contributed by atoms with Gasteiger partial charge in [-0.2, -0.15) is 0 Å². The van der Waals surface area contributed by atoms with Gasteiger partial charge in [-0.05, 0) is 13.5 Å². The van der Waals surface area contributed by atoms with Crippen LogP contribution in [0.2, 0.25) is 0 Å². The van der Waals surface area contributed by atoms with Crippen LogP contribution in [0.4, 0.5) is 4.79 Å². The molecule has 2 amide bonds. The second kappa shape index (κ2) is 6.41. The van der Waals surface area contributed by atoms with Crippen LogP contribution in [-0.4, -0.2) is 61.7 Å². The Labute approximate surface area is 94.5 Å². The predicted molar refractivity (Wildman–Crippen MR) is 57.4 cm³/mol. The maximum atomic E-state index is 11.3. The summed E-state index contributed by atoms with van der Waals surface area (Å²) in [4.78, 5) is 29.0. The van der Waals surface area contributed by atoms with Gasteiger partial charge in [0, 0.05) is 26.2 Å². The molecule has 0 unspecified atom stereocenters. The number of amides is 2. The second-order valence-electron chi connectivity index (χ2n) is 3.74. The molecule has 0 saturated carbocycles. The quantitative estimate of drug-likeness (QED) is 0.613. The van der Waals surface area contributed by atoms with Crippen molar-refractivity contribution in [1.82, 2.24) is 15.3 Å². The zero-order valence-corrected chi connectivity index (χ0v) is 9.44. The minimum absolute atomic E-state index is 0.131. The van der Waals surface area contributed by atoms with Crippen LogP contribution in [0.5, 0.6) is 0 Å². The Bertz CT molecular complexity index is 255. The van der Waals surface area contributed by atoms with Gasteiger partial charge in [-0.15, -0.1) is 5.06 Å². The first-order valence-electron chi connectivity index (χ1n) is 5.27. The summed E-state index contributed by atoms with van der Waals surface area (Å²) in [6.07, 6.45) is 0.298. The fourth-order valence-electron chi connectivity index (χ4n) is 1.22. The van der Waals surface area contributed by atoms with Crippen molar-refractivity contribution in [3.05, 3.63) is 0 Å². The summed E-state index contributed by atoms with van der Waals surface area (Å²) in [5.74, 6) is -0.388. The average molecular weight is 230 g/mol. The first kappa shape index (κ1) is 12.9. The van der Waals surface area contributed by atoms with Crippen molar-refractivity contribution in [2.24, 2.45) is 5.73 Å². The SMILES string of the molecule is CN(CCN)CC(=O)NC(=O)ON1CCC1. The number of nitrogens with zero attached hydrogens (tertiary/aromatic N) is 2. The summed E-state index contributed by atoms with van der Waals surface area (Å²) in [6, 6.07) is 0. The van der Waals surface area contributed by atoms with E-state index in [-0.39, 0.29) is 12.5 Å². The van der Waals surface area contributed by atoms with Gasteiger partial charge >= 0.3 is 6.09 Å². The van der Waals surface area contributed by atoms with Crippen molar-refractivity contribution >= 4 is 12.0 Å². The molecule has 1 saturated heterocycles. The molecule has 92 valence electrons. The Hall–Kier alpha value is -1.18. The van der Waals surface area contributed by atoms with Crippen molar-refractivity contribution in [3.63, 3.8) is 0 Å². The minimum Gasteiger partial charge on any atom is -0.351 e. The van der Waals surface area contributed by atoms with Gasteiger partial charge in [0.25, 0.3) is 0 Å². The third kappa shape index (κ3) is 4.56. The van der Waals surface area contributed by atoms with Crippen molar-refractivity contribution in [2.75, 3.05) is 39.8 Å². The summed E-state index contributed by atoms with van der Waals surface area (Å²) < 4.78 is 0. The van der Waals surface area contributed by atoms with Gasteiger partial charge < -0.3 is 10.6 Å². The molecule has 0 bridgehead atoms. The van der Waals surface area contributed by atoms with E-state index in [1.54, 1.807) is 11.9 Å². The maximum Gasteiger partial charge on any atom is 0.433 e. The van der Waals surface area contributed by atoms with Crippen LogP contribution >= 0.6 is 0 Å². The summed E-state index contributed by atoms with van der Waals surface area (Å²) >= 11 is 0. The summed E-state index contributed by atoms with van der Waals surface area (Å²) in [6.45, 7) is 2.67. The molecule has 0 aromatic carbocycles. The van der Waals surface area contributed by atoms with E-state index in [0.29, 0.717) is 13.1 Å². The smallest absolute Gasteiger partial charge is 0.351 e. The van der Waals surface area contributed by atoms with E-state index in [1.165, 1.54) is 5.06 Å². The number of carbonyl (C=O) groups is 2. The predicted octanol–water partition coefficient (Wildman–Crippen LogP) is -1.25. The number of hydroxylamine groups is 2. The van der Waals surface area contributed by atoms with Gasteiger partial charge in [0.1, 0.15) is 0 Å². The number of hydrogen-bond donors (Lipinski definition) is 2. The van der Waals surface area contributed by atoms with E-state index in [1.807, 2.05) is 0 Å². The second-order valence-corrected chi connectivity index (χ2v) is 3.74. The van der Waals surface area contributed by atoms with Crippen LogP contribution in [0.3, 0.4) is 0 Å². The Morgan fingerprint density at radius 2 is 2.19 bits per heavy atom. The number of imide groups is 1. The molecule has 1 aliphatic heterocycles. The molecule has 7 nitrogen and oxygen atoms in total. The van der Waals surface area contributed by atoms with Gasteiger partial charge in [0.2, 0.25) is 5.91 Å². The zero-order chi connectivity index (χ0) is 12.0. The van der Waals surface area contributed by atoms with Crippen LogP contribution in [0.25, 0.3) is 0 Å². The lowest BCUT2D eigenvalue weighted by Crippen LogP contribution is -2.45. The Kier molecular flexibility index (Phi) is 5.17. The number of likely N-dealkylation sites (N-methyl/N-ethyl adjacent to an activating group) is 1. The monoisotopic (exact) mass is 230 g/mol. The Balaban J connectivity index is 2.14. The van der Waals surface area contributed by atoms with Crippen molar-refractivity contribution in [1.29, 1.82) is 0 Å². The number of hydrogen-bond acceptors (Lipinski definition) is 6. The molecular weight excluding hydrogens is 212 g/mol. The average Bonchev–Trinajstić information content (AvgIpc) is 2.11. The molecule has 1 heterocycles. The molecular formula is C9H18N4O3. The van der Waals surface area contributed by atoms with E-state index in [4.69, 9.17) is 10.6 Å². The molecule has 7 heteroatoms. The summed E-state index contributed by atoms with van der Waals surface area (Å²) in [5.41, 5.74) is 5.33. The van der Waals surface area contributed by atoms with Gasteiger partial charge in [-0.25, -0.2) is 4.79 Å². The molecule has 0 atom stereocenters. The standard InChI is InChI=1S/C9H18N4O3/c1-12(6-3-10)7-8(14)11-9(15)16-13-4-2-5-13/h2-7,10H2,1H3,(H,11,14,15). The van der Waals surface area contributed by atoms with E-state index in [2.05, 4.69) is 5.32 Å². The number of rotatable bonds is 5. The highest BCUT2D eigenvalue weighted by Gasteiger charge is 2.20. The molecule has 0 aromatic heterocycles. The topological polar surface area (TPSA) is 87.9 Å². The van der Waals surface area contributed by atoms with Gasteiger partial charge in [-0.1, -0.05) is 0 Å². The summed E-state index contributed by atoms with van der Waals surface area (Å²) in [7, 11) is 1.76. The molecule has 0 radical (unpaired) electrons. The van der Waals surface area contributed by atoms with Crippen molar-refractivity contribution in [3.8, 4) is 0 Å². The Morgan fingerprint density at radius 1 is 1.50 bits per heavy atom. The lowest BCUT2D eigenvalue weighted by atomic mass is 10.3.